The summed E-state index contributed by atoms with van der Waals surface area (Å²) in [7, 11) is 0. The SMILES string of the molecule is [2H]C1(c2cnc(-c3[c-]cc(-c4ccccc4-c4cc(C)cc(CCc5c[c-]c(-c6ccccn6)cc5)c4)cc3)cc2-c2ccc(C3CCCCC3)cc2)CCCC1.[Ir]. The third kappa shape index (κ3) is 8.96. The van der Waals surface area contributed by atoms with Crippen molar-refractivity contribution in [1.82, 2.24) is 9.97 Å². The number of nitrogens with zero attached hydrogens (tertiary/aromatic N) is 2. The summed E-state index contributed by atoms with van der Waals surface area (Å²) >= 11 is 0. The summed E-state index contributed by atoms with van der Waals surface area (Å²) in [5, 5.41) is 0. The smallest absolute Gasteiger partial charge is 0.0353 e. The normalized spacial score (nSPS) is 15.5. The van der Waals surface area contributed by atoms with Gasteiger partial charge in [-0.15, -0.1) is 65.2 Å². The van der Waals surface area contributed by atoms with E-state index in [0.717, 1.165) is 77.7 Å². The van der Waals surface area contributed by atoms with Crippen molar-refractivity contribution in [3.05, 3.63) is 180 Å². The van der Waals surface area contributed by atoms with Gasteiger partial charge in [0.1, 0.15) is 0 Å². The van der Waals surface area contributed by atoms with Gasteiger partial charge in [-0.1, -0.05) is 140 Å². The van der Waals surface area contributed by atoms with Crippen LogP contribution in [0.2, 0.25) is 0 Å². The van der Waals surface area contributed by atoms with Crippen molar-refractivity contribution in [2.24, 2.45) is 0 Å². The number of pyridine rings is 2. The molecular formula is C54H50IrN2-2. The number of hydrogen-bond acceptors (Lipinski definition) is 2. The molecule has 7 aromatic rings. The van der Waals surface area contributed by atoms with E-state index in [0.29, 0.717) is 5.92 Å². The maximum Gasteiger partial charge on any atom is 0.0353 e. The van der Waals surface area contributed by atoms with Gasteiger partial charge in [-0.2, -0.15) is 0 Å². The van der Waals surface area contributed by atoms with Gasteiger partial charge in [0.25, 0.3) is 0 Å². The van der Waals surface area contributed by atoms with Crippen LogP contribution in [0.5, 0.6) is 0 Å². The number of benzene rings is 5. The van der Waals surface area contributed by atoms with Crippen molar-refractivity contribution in [2.75, 3.05) is 0 Å². The van der Waals surface area contributed by atoms with Gasteiger partial charge in [0, 0.05) is 33.9 Å². The third-order valence-electron chi connectivity index (χ3n) is 12.1. The third-order valence-corrected chi connectivity index (χ3v) is 12.1. The van der Waals surface area contributed by atoms with Crippen molar-refractivity contribution in [2.45, 2.75) is 89.4 Å². The Bertz CT molecular complexity index is 2440. The maximum absolute atomic E-state index is 9.48. The fourth-order valence-electron chi connectivity index (χ4n) is 9.05. The number of rotatable bonds is 10. The molecule has 1 radical (unpaired) electrons. The van der Waals surface area contributed by atoms with E-state index < -0.39 is 5.89 Å². The van der Waals surface area contributed by atoms with Gasteiger partial charge in [0.15, 0.2) is 0 Å². The fourth-order valence-corrected chi connectivity index (χ4v) is 9.05. The average Bonchev–Trinajstić information content (AvgIpc) is 3.73. The Balaban J connectivity index is 0.00000469. The standard InChI is InChI=1S/C54H50N2.Ir/c1-38-33-40(19-18-39-20-22-46(23-21-39)53-17-9-10-32-55-53)35-48(34-38)50-16-8-7-15-49(50)44-28-30-47(31-29-44)54-36-51(52(37-56-54)43-13-5-6-14-43)45-26-24-42(25-27-45)41-11-3-2-4-12-41;/h7-10,15-17,20-22,24-30,32-37,41,43H,2-6,11-14,18-19H2,1H3;/q-2;/i43D;. The van der Waals surface area contributed by atoms with Gasteiger partial charge in [0.2, 0.25) is 0 Å². The summed E-state index contributed by atoms with van der Waals surface area (Å²) in [6.07, 6.45) is 16.4. The molecule has 0 bridgehead atoms. The van der Waals surface area contributed by atoms with Crippen LogP contribution in [0.15, 0.2) is 140 Å². The zero-order valence-electron chi connectivity index (χ0n) is 33.9. The summed E-state index contributed by atoms with van der Waals surface area (Å²) in [5.74, 6) is 0.0933. The van der Waals surface area contributed by atoms with Crippen molar-refractivity contribution in [3.63, 3.8) is 0 Å². The minimum Gasteiger partial charge on any atom is -0.305 e. The second kappa shape index (κ2) is 18.1. The molecule has 0 aliphatic heterocycles. The summed E-state index contributed by atoms with van der Waals surface area (Å²) in [6.45, 7) is 2.19. The Morgan fingerprint density at radius 2 is 1.26 bits per heavy atom. The minimum atomic E-state index is -0.583. The Labute approximate surface area is 354 Å². The van der Waals surface area contributed by atoms with Crippen LogP contribution >= 0.6 is 0 Å². The van der Waals surface area contributed by atoms with Crippen molar-refractivity contribution < 1.29 is 21.5 Å². The first-order valence-electron chi connectivity index (χ1n) is 21.2. The van der Waals surface area contributed by atoms with Gasteiger partial charge >= 0.3 is 0 Å². The van der Waals surface area contributed by atoms with E-state index in [2.05, 4.69) is 133 Å². The van der Waals surface area contributed by atoms with Crippen LogP contribution in [0.4, 0.5) is 0 Å². The molecule has 2 nitrogen and oxygen atoms in total. The van der Waals surface area contributed by atoms with Crippen LogP contribution in [-0.2, 0) is 32.9 Å². The Morgan fingerprint density at radius 1 is 0.579 bits per heavy atom. The zero-order valence-corrected chi connectivity index (χ0v) is 35.3. The number of hydrogen-bond donors (Lipinski definition) is 0. The predicted octanol–water partition coefficient (Wildman–Crippen LogP) is 14.2. The second-order valence-corrected chi connectivity index (χ2v) is 16.0. The minimum absolute atomic E-state index is 0. The van der Waals surface area contributed by atoms with Gasteiger partial charge in [-0.3, -0.25) is 0 Å². The van der Waals surface area contributed by atoms with Gasteiger partial charge in [0.05, 0.1) is 0 Å². The first-order valence-corrected chi connectivity index (χ1v) is 20.7. The molecule has 2 saturated carbocycles. The molecule has 3 heteroatoms. The summed E-state index contributed by atoms with van der Waals surface area (Å²) in [4.78, 5) is 9.47. The predicted molar refractivity (Wildman–Crippen MR) is 233 cm³/mol. The number of aromatic nitrogens is 2. The van der Waals surface area contributed by atoms with E-state index in [-0.39, 0.29) is 20.1 Å². The van der Waals surface area contributed by atoms with E-state index in [1.54, 1.807) is 0 Å². The molecular weight excluding hydrogens is 869 g/mol. The van der Waals surface area contributed by atoms with E-state index in [4.69, 9.17) is 4.98 Å². The second-order valence-electron chi connectivity index (χ2n) is 16.0. The molecule has 0 saturated heterocycles. The van der Waals surface area contributed by atoms with Crippen molar-refractivity contribution >= 4 is 0 Å². The average molecular weight is 920 g/mol. The Hall–Kier alpha value is -4.95. The van der Waals surface area contributed by atoms with Crippen LogP contribution < -0.4 is 0 Å². The summed E-state index contributed by atoms with van der Waals surface area (Å²) in [5.41, 5.74) is 17.3. The van der Waals surface area contributed by atoms with Gasteiger partial charge in [-0.05, 0) is 107 Å². The summed E-state index contributed by atoms with van der Waals surface area (Å²) < 4.78 is 9.48. The monoisotopic (exact) mass is 920 g/mol. The summed E-state index contributed by atoms with van der Waals surface area (Å²) in [6, 6.07) is 53.2. The molecule has 287 valence electrons. The molecule has 0 atom stereocenters. The van der Waals surface area contributed by atoms with E-state index in [1.165, 1.54) is 76.6 Å². The largest absolute Gasteiger partial charge is 0.305 e. The molecule has 5 aromatic carbocycles. The van der Waals surface area contributed by atoms with Gasteiger partial charge < -0.3 is 9.97 Å². The molecule has 2 aromatic heterocycles. The molecule has 2 aliphatic carbocycles. The molecule has 0 unspecified atom stereocenters. The molecule has 2 fully saturated rings. The first-order chi connectivity index (χ1) is 28.0. The molecule has 0 spiro atoms. The van der Waals surface area contributed by atoms with Crippen molar-refractivity contribution in [1.29, 1.82) is 0 Å². The van der Waals surface area contributed by atoms with Crippen molar-refractivity contribution in [3.8, 4) is 55.9 Å². The molecule has 57 heavy (non-hydrogen) atoms. The van der Waals surface area contributed by atoms with E-state index in [9.17, 15) is 1.37 Å². The first kappa shape index (κ1) is 37.6. The van der Waals surface area contributed by atoms with E-state index >= 15 is 0 Å². The molecule has 9 rings (SSSR count). The zero-order chi connectivity index (χ0) is 38.6. The Kier molecular flexibility index (Phi) is 11.9. The molecule has 0 N–H and O–H groups in total. The molecule has 2 aliphatic rings. The van der Waals surface area contributed by atoms with Crippen LogP contribution in [0.1, 0.15) is 98.8 Å². The molecule has 0 amide bonds. The topological polar surface area (TPSA) is 25.8 Å². The van der Waals surface area contributed by atoms with Crippen LogP contribution in [0.25, 0.3) is 55.9 Å². The van der Waals surface area contributed by atoms with Crippen LogP contribution in [0.3, 0.4) is 0 Å². The molecule has 2 heterocycles. The van der Waals surface area contributed by atoms with E-state index in [1.807, 2.05) is 30.6 Å². The van der Waals surface area contributed by atoms with Crippen LogP contribution in [-0.4, -0.2) is 9.97 Å². The Morgan fingerprint density at radius 3 is 1.98 bits per heavy atom. The fraction of sp³-hybridized carbons (Fsp3) is 0.259. The maximum atomic E-state index is 9.48. The number of aryl methyl sites for hydroxylation is 3. The van der Waals surface area contributed by atoms with Gasteiger partial charge in [-0.25, -0.2) is 0 Å². The van der Waals surface area contributed by atoms with Crippen LogP contribution in [0, 0.1) is 19.1 Å². The quantitative estimate of drug-likeness (QED) is 0.128.